The Morgan fingerprint density at radius 2 is 1.20 bits per heavy atom. The number of aliphatic hydroxyl groups is 1. The molecule has 2 fully saturated rings. The van der Waals surface area contributed by atoms with E-state index >= 15 is 0 Å². The van der Waals surface area contributed by atoms with E-state index in [1.165, 1.54) is 0 Å². The predicted molar refractivity (Wildman–Crippen MR) is 196 cm³/mol. The zero-order valence-corrected chi connectivity index (χ0v) is 27.5. The molecule has 3 amide bonds. The van der Waals surface area contributed by atoms with Crippen LogP contribution >= 0.6 is 0 Å². The van der Waals surface area contributed by atoms with Crippen LogP contribution in [0.25, 0.3) is 27.5 Å². The Kier molecular flexibility index (Phi) is 8.30. The molecule has 0 bridgehead atoms. The standard InChI is InChI=1S/C40H38N6O4/c47-35-17-20-44(21-18-35)33-9-1-26(2-10-33)39(49)43-32-8-14-37-29(24-32)16-22-46(37)34-11-3-27(4-12-34)40(50)42-31-7-13-36-28(23-31)15-19-45(36)25-38(48)41-30-5-6-30/h1-4,7-16,19,22-24,30,35,47H,5-6,17-18,20-21,25H2,(H,41,48)(H,42,50)(H,43,49). The Balaban J connectivity index is 0.896. The van der Waals surface area contributed by atoms with Crippen molar-refractivity contribution in [1.29, 1.82) is 0 Å². The van der Waals surface area contributed by atoms with Gasteiger partial charge in [-0.05, 0) is 123 Å². The van der Waals surface area contributed by atoms with Crippen molar-refractivity contribution in [3.8, 4) is 5.69 Å². The molecule has 3 heterocycles. The fourth-order valence-electron chi connectivity index (χ4n) is 6.64. The number of aromatic nitrogens is 2. The molecule has 8 rings (SSSR count). The molecular weight excluding hydrogens is 628 g/mol. The van der Waals surface area contributed by atoms with E-state index < -0.39 is 0 Å². The Morgan fingerprint density at radius 1 is 0.640 bits per heavy atom. The largest absolute Gasteiger partial charge is 0.393 e. The first-order valence-corrected chi connectivity index (χ1v) is 17.1. The predicted octanol–water partition coefficient (Wildman–Crippen LogP) is 6.33. The average molecular weight is 667 g/mol. The van der Waals surface area contributed by atoms with Crippen molar-refractivity contribution in [1.82, 2.24) is 14.5 Å². The lowest BCUT2D eigenvalue weighted by Crippen LogP contribution is -2.35. The number of benzene rings is 4. The maximum atomic E-state index is 13.1. The Bertz CT molecular complexity index is 2210. The molecule has 1 aliphatic heterocycles. The van der Waals surface area contributed by atoms with Gasteiger partial charge in [0, 0.05) is 81.7 Å². The first-order valence-electron chi connectivity index (χ1n) is 17.1. The summed E-state index contributed by atoms with van der Waals surface area (Å²) < 4.78 is 3.97. The van der Waals surface area contributed by atoms with Crippen molar-refractivity contribution < 1.29 is 19.5 Å². The number of aliphatic hydroxyl groups excluding tert-OH is 1. The highest BCUT2D eigenvalue weighted by molar-refractivity contribution is 6.06. The van der Waals surface area contributed by atoms with Gasteiger partial charge in [0.25, 0.3) is 11.8 Å². The Hall–Kier alpha value is -5.87. The monoisotopic (exact) mass is 666 g/mol. The SMILES string of the molecule is O=C(Cn1ccc2cc(NC(=O)c3ccc(-n4ccc5cc(NC(=O)c6ccc(N7CCC(O)CC7)cc6)ccc54)cc3)ccc21)NC1CC1. The molecule has 0 unspecified atom stereocenters. The van der Waals surface area contributed by atoms with E-state index in [2.05, 4.69) is 20.9 Å². The van der Waals surface area contributed by atoms with Crippen LogP contribution in [0.1, 0.15) is 46.4 Å². The van der Waals surface area contributed by atoms with Crippen LogP contribution < -0.4 is 20.9 Å². The van der Waals surface area contributed by atoms with Gasteiger partial charge in [-0.3, -0.25) is 14.4 Å². The molecule has 10 heteroatoms. The van der Waals surface area contributed by atoms with Crippen LogP contribution in [0.15, 0.2) is 109 Å². The molecule has 4 aromatic carbocycles. The third kappa shape index (κ3) is 6.70. The quantitative estimate of drug-likeness (QED) is 0.144. The maximum absolute atomic E-state index is 13.1. The third-order valence-electron chi connectivity index (χ3n) is 9.60. The number of amides is 3. The zero-order valence-electron chi connectivity index (χ0n) is 27.5. The molecule has 1 saturated heterocycles. The molecule has 1 aliphatic carbocycles. The third-order valence-corrected chi connectivity index (χ3v) is 9.60. The summed E-state index contributed by atoms with van der Waals surface area (Å²) in [6.07, 6.45) is 7.27. The van der Waals surface area contributed by atoms with Crippen LogP contribution in [-0.2, 0) is 11.3 Å². The Morgan fingerprint density at radius 3 is 1.82 bits per heavy atom. The number of nitrogens with zero attached hydrogens (tertiary/aromatic N) is 3. The number of nitrogens with one attached hydrogen (secondary N) is 3. The maximum Gasteiger partial charge on any atom is 0.255 e. The van der Waals surface area contributed by atoms with E-state index in [0.717, 1.165) is 72.0 Å². The summed E-state index contributed by atoms with van der Waals surface area (Å²) in [6.45, 7) is 1.89. The van der Waals surface area contributed by atoms with Gasteiger partial charge >= 0.3 is 0 Å². The molecule has 252 valence electrons. The molecule has 6 aromatic rings. The van der Waals surface area contributed by atoms with Gasteiger partial charge < -0.3 is 35.1 Å². The van der Waals surface area contributed by atoms with E-state index in [4.69, 9.17) is 0 Å². The van der Waals surface area contributed by atoms with Crippen molar-refractivity contribution in [3.63, 3.8) is 0 Å². The second-order valence-electron chi connectivity index (χ2n) is 13.2. The Labute approximate surface area is 289 Å². The van der Waals surface area contributed by atoms with Crippen LogP contribution in [0.4, 0.5) is 17.1 Å². The van der Waals surface area contributed by atoms with Gasteiger partial charge in [-0.2, -0.15) is 0 Å². The van der Waals surface area contributed by atoms with E-state index in [1.807, 2.05) is 106 Å². The molecule has 0 radical (unpaired) electrons. The van der Waals surface area contributed by atoms with Crippen molar-refractivity contribution in [2.24, 2.45) is 0 Å². The summed E-state index contributed by atoms with van der Waals surface area (Å²) >= 11 is 0. The van der Waals surface area contributed by atoms with E-state index in [0.29, 0.717) is 28.5 Å². The number of anilines is 3. The highest BCUT2D eigenvalue weighted by Gasteiger charge is 2.23. The first kappa shape index (κ1) is 31.4. The van der Waals surface area contributed by atoms with Crippen molar-refractivity contribution in [2.45, 2.75) is 44.4 Å². The molecule has 50 heavy (non-hydrogen) atoms. The highest BCUT2D eigenvalue weighted by Crippen LogP contribution is 2.27. The smallest absolute Gasteiger partial charge is 0.255 e. The minimum absolute atomic E-state index is 0.0155. The number of hydrogen-bond donors (Lipinski definition) is 4. The number of carbonyl (C=O) groups is 3. The van der Waals surface area contributed by atoms with Crippen LogP contribution in [-0.4, -0.2) is 57.2 Å². The molecular formula is C40H38N6O4. The van der Waals surface area contributed by atoms with Gasteiger partial charge in [0.15, 0.2) is 0 Å². The van der Waals surface area contributed by atoms with Gasteiger partial charge in [0.05, 0.1) is 11.6 Å². The summed E-state index contributed by atoms with van der Waals surface area (Å²) in [5, 5.41) is 20.7. The molecule has 2 aromatic heterocycles. The molecule has 0 spiro atoms. The lowest BCUT2D eigenvalue weighted by molar-refractivity contribution is -0.121. The highest BCUT2D eigenvalue weighted by atomic mass is 16.3. The van der Waals surface area contributed by atoms with Crippen LogP contribution in [0.5, 0.6) is 0 Å². The van der Waals surface area contributed by atoms with Crippen molar-refractivity contribution >= 4 is 56.6 Å². The first-order chi connectivity index (χ1) is 24.4. The van der Waals surface area contributed by atoms with E-state index in [9.17, 15) is 19.5 Å². The average Bonchev–Trinajstić information content (AvgIpc) is 3.71. The normalized spacial score (nSPS) is 14.9. The fraction of sp³-hybridized carbons (Fsp3) is 0.225. The summed E-state index contributed by atoms with van der Waals surface area (Å²) in [7, 11) is 0. The van der Waals surface area contributed by atoms with Crippen LogP contribution in [0.2, 0.25) is 0 Å². The fourth-order valence-corrected chi connectivity index (χ4v) is 6.64. The molecule has 4 N–H and O–H groups in total. The number of fused-ring (bicyclic) bond motifs is 2. The van der Waals surface area contributed by atoms with Gasteiger partial charge in [-0.15, -0.1) is 0 Å². The minimum Gasteiger partial charge on any atom is -0.393 e. The van der Waals surface area contributed by atoms with Gasteiger partial charge in [0.2, 0.25) is 5.91 Å². The molecule has 2 aliphatic rings. The number of hydrogen-bond acceptors (Lipinski definition) is 5. The van der Waals surface area contributed by atoms with Gasteiger partial charge in [-0.1, -0.05) is 0 Å². The summed E-state index contributed by atoms with van der Waals surface area (Å²) in [5.74, 6) is -0.371. The molecule has 0 atom stereocenters. The van der Waals surface area contributed by atoms with Crippen LogP contribution in [0, 0.1) is 0 Å². The number of piperidine rings is 1. The van der Waals surface area contributed by atoms with Crippen molar-refractivity contribution in [2.75, 3.05) is 28.6 Å². The second-order valence-corrected chi connectivity index (χ2v) is 13.2. The van der Waals surface area contributed by atoms with E-state index in [1.54, 1.807) is 12.1 Å². The summed E-state index contributed by atoms with van der Waals surface area (Å²) in [4.78, 5) is 40.7. The minimum atomic E-state index is -0.224. The van der Waals surface area contributed by atoms with Gasteiger partial charge in [-0.25, -0.2) is 0 Å². The number of rotatable bonds is 9. The lowest BCUT2D eigenvalue weighted by Gasteiger charge is -2.31. The zero-order chi connectivity index (χ0) is 34.2. The van der Waals surface area contributed by atoms with E-state index in [-0.39, 0.29) is 30.4 Å². The molecule has 1 saturated carbocycles. The summed E-state index contributed by atoms with van der Waals surface area (Å²) in [5.41, 5.74) is 6.38. The van der Waals surface area contributed by atoms with Crippen molar-refractivity contribution in [3.05, 3.63) is 121 Å². The van der Waals surface area contributed by atoms with Crippen LogP contribution in [0.3, 0.4) is 0 Å². The number of carbonyl (C=O) groups excluding carboxylic acids is 3. The molecule has 10 nitrogen and oxygen atoms in total. The topological polar surface area (TPSA) is 121 Å². The summed E-state index contributed by atoms with van der Waals surface area (Å²) in [6, 6.07) is 30.8. The van der Waals surface area contributed by atoms with Gasteiger partial charge in [0.1, 0.15) is 6.54 Å². The second kappa shape index (κ2) is 13.2. The lowest BCUT2D eigenvalue weighted by atomic mass is 10.1.